The lowest BCUT2D eigenvalue weighted by Crippen LogP contribution is -2.37. The van der Waals surface area contributed by atoms with Crippen LogP contribution in [0.4, 0.5) is 5.69 Å². The molecule has 2 aliphatic rings. The van der Waals surface area contributed by atoms with E-state index in [4.69, 9.17) is 19.7 Å². The Kier molecular flexibility index (Phi) is 11.2. The molecule has 17 heteroatoms. The van der Waals surface area contributed by atoms with Crippen LogP contribution < -0.4 is 14.9 Å². The molecule has 254 valence electrons. The first-order valence-corrected chi connectivity index (χ1v) is 15.9. The summed E-state index contributed by atoms with van der Waals surface area (Å²) in [5.41, 5.74) is 1.37. The first kappa shape index (κ1) is 35.6. The zero-order valence-electron chi connectivity index (χ0n) is 25.1. The van der Waals surface area contributed by atoms with Crippen molar-refractivity contribution in [2.24, 2.45) is 0 Å². The number of anilines is 1. The second-order valence-corrected chi connectivity index (χ2v) is 12.7. The fraction of sp³-hybridized carbons (Fsp3) is 0.258. The van der Waals surface area contributed by atoms with Gasteiger partial charge in [-0.3, -0.25) is 33.4 Å². The molecular formula is C31H31N2O14P. The molecule has 1 atom stereocenters. The minimum atomic E-state index is -4.33. The number of aromatic hydroxyl groups is 1. The maximum atomic E-state index is 13.6. The van der Waals surface area contributed by atoms with Crippen molar-refractivity contribution in [3.63, 3.8) is 0 Å². The third kappa shape index (κ3) is 8.54. The van der Waals surface area contributed by atoms with E-state index in [0.29, 0.717) is 11.1 Å². The number of ether oxygens (including phenoxy) is 2. The number of carboxylic acid groups (broad SMARTS) is 4. The highest BCUT2D eigenvalue weighted by Crippen LogP contribution is 2.59. The average Bonchev–Trinajstić information content (AvgIpc) is 2.98. The molecule has 0 saturated heterocycles. The summed E-state index contributed by atoms with van der Waals surface area (Å²) in [5, 5.41) is 46.8. The largest absolute Gasteiger partial charge is 0.508 e. The summed E-state index contributed by atoms with van der Waals surface area (Å²) in [7, 11) is -4.33. The topological polar surface area (TPSA) is 249 Å². The highest BCUT2D eigenvalue weighted by Gasteiger charge is 2.40. The van der Waals surface area contributed by atoms with Crippen molar-refractivity contribution in [2.45, 2.75) is 0 Å². The average molecular weight is 687 g/mol. The molecule has 2 aromatic rings. The van der Waals surface area contributed by atoms with Crippen LogP contribution in [0.3, 0.4) is 0 Å². The molecule has 4 rings (SSSR count). The van der Waals surface area contributed by atoms with Crippen molar-refractivity contribution in [1.29, 1.82) is 0 Å². The molecule has 0 fully saturated rings. The fourth-order valence-corrected chi connectivity index (χ4v) is 7.14. The molecule has 0 spiro atoms. The van der Waals surface area contributed by atoms with Crippen LogP contribution in [0.2, 0.25) is 0 Å². The summed E-state index contributed by atoms with van der Waals surface area (Å²) in [5.74, 6) is -5.85. The Morgan fingerprint density at radius 3 is 2.06 bits per heavy atom. The predicted octanol–water partition coefficient (Wildman–Crippen LogP) is 0.968. The van der Waals surface area contributed by atoms with E-state index in [1.165, 1.54) is 42.5 Å². The number of carbonyl (C=O) groups is 5. The van der Waals surface area contributed by atoms with Crippen molar-refractivity contribution < 1.29 is 68.4 Å². The maximum absolute atomic E-state index is 13.6. The molecule has 48 heavy (non-hydrogen) atoms. The minimum Gasteiger partial charge on any atom is -0.508 e. The number of carbonyl (C=O) groups excluding carboxylic acids is 1. The molecule has 0 bridgehead atoms. The third-order valence-electron chi connectivity index (χ3n) is 7.14. The van der Waals surface area contributed by atoms with Gasteiger partial charge in [0, 0.05) is 6.54 Å². The molecule has 1 aliphatic heterocycles. The first-order chi connectivity index (χ1) is 22.7. The molecule has 1 aliphatic carbocycles. The van der Waals surface area contributed by atoms with Gasteiger partial charge in [0.2, 0.25) is 0 Å². The Balaban J connectivity index is 1.70. The second kappa shape index (κ2) is 15.1. The van der Waals surface area contributed by atoms with Gasteiger partial charge in [0.05, 0.1) is 42.6 Å². The Morgan fingerprint density at radius 2 is 1.44 bits per heavy atom. The van der Waals surface area contributed by atoms with Crippen LogP contribution in [-0.2, 0) is 33.3 Å². The lowest BCUT2D eigenvalue weighted by Gasteiger charge is -2.30. The van der Waals surface area contributed by atoms with Crippen LogP contribution in [0.5, 0.6) is 11.5 Å². The molecule has 16 nitrogen and oxygen atoms in total. The Morgan fingerprint density at radius 1 is 0.792 bits per heavy atom. The third-order valence-corrected chi connectivity index (χ3v) is 9.18. The van der Waals surface area contributed by atoms with Gasteiger partial charge in [-0.25, -0.2) is 0 Å². The van der Waals surface area contributed by atoms with Gasteiger partial charge >= 0.3 is 23.9 Å². The Labute approximate surface area is 272 Å². The zero-order chi connectivity index (χ0) is 35.2. The molecule has 6 N–H and O–H groups in total. The van der Waals surface area contributed by atoms with Gasteiger partial charge in [0.25, 0.3) is 7.37 Å². The summed E-state index contributed by atoms with van der Waals surface area (Å²) in [6.45, 7) is -2.76. The quantitative estimate of drug-likeness (QED) is 0.100. The molecule has 0 amide bonds. The van der Waals surface area contributed by atoms with Crippen molar-refractivity contribution in [1.82, 2.24) is 4.90 Å². The van der Waals surface area contributed by atoms with Crippen molar-refractivity contribution >= 4 is 53.6 Å². The number of phenols is 1. The van der Waals surface area contributed by atoms with Gasteiger partial charge in [0.15, 0.2) is 5.78 Å². The fourth-order valence-electron chi connectivity index (χ4n) is 5.24. The number of aliphatic carboxylic acids is 4. The van der Waals surface area contributed by atoms with Crippen molar-refractivity contribution in [3.8, 4) is 11.5 Å². The predicted molar refractivity (Wildman–Crippen MR) is 168 cm³/mol. The van der Waals surface area contributed by atoms with Crippen LogP contribution in [0, 0.1) is 0 Å². The monoisotopic (exact) mass is 686 g/mol. The van der Waals surface area contributed by atoms with E-state index in [9.17, 15) is 48.8 Å². The number of nitrogens with zero attached hydrogens (tertiary/aromatic N) is 2. The SMILES string of the molecule is O=C1C=CC2=C(c3ccc(N(CC(=O)O)CC(=O)O)c(OCCOCCN(CC(=O)O)CC(=O)O)c3)c3ccc(O)cc3P(=O)(O)C2=C1. The summed E-state index contributed by atoms with van der Waals surface area (Å²) in [4.78, 5) is 70.9. The van der Waals surface area contributed by atoms with Gasteiger partial charge in [0.1, 0.15) is 31.2 Å². The molecule has 0 saturated carbocycles. The number of hydrogen-bond acceptors (Lipinski definition) is 11. The number of benzene rings is 2. The highest BCUT2D eigenvalue weighted by molar-refractivity contribution is 7.71. The standard InChI is InChI=1S/C31H31N2O14P/c34-19-2-4-21-25(12-19)48(44,45)26-13-20(35)3-5-22(26)31(21)18-1-6-23(33(16-29(40)41)17-30(42)43)24(11-18)47-10-9-46-8-7-32(14-27(36)37)15-28(38)39/h1-6,11-13,34H,7-10,14-17H2,(H,36,37)(H,38,39)(H,40,41)(H,42,43)(H,44,45). The van der Waals surface area contributed by atoms with Crippen LogP contribution in [-0.4, -0.2) is 118 Å². The van der Waals surface area contributed by atoms with Crippen LogP contribution >= 0.6 is 7.37 Å². The zero-order valence-corrected chi connectivity index (χ0v) is 26.0. The first-order valence-electron chi connectivity index (χ1n) is 14.2. The van der Waals surface area contributed by atoms with Gasteiger partial charge in [-0.2, -0.15) is 0 Å². The number of phenolic OH excluding ortho intramolecular Hbond substituents is 1. The van der Waals surface area contributed by atoms with Crippen LogP contribution in [0.15, 0.2) is 65.5 Å². The van der Waals surface area contributed by atoms with Gasteiger partial charge in [-0.15, -0.1) is 0 Å². The summed E-state index contributed by atoms with van der Waals surface area (Å²) < 4.78 is 25.1. The molecular weight excluding hydrogens is 655 g/mol. The summed E-state index contributed by atoms with van der Waals surface area (Å²) in [6, 6.07) is 8.33. The van der Waals surface area contributed by atoms with Gasteiger partial charge in [-0.1, -0.05) is 6.07 Å². The second-order valence-electron chi connectivity index (χ2n) is 10.6. The molecule has 2 aromatic carbocycles. The van der Waals surface area contributed by atoms with E-state index in [1.54, 1.807) is 0 Å². The van der Waals surface area contributed by atoms with E-state index < -0.39 is 63.2 Å². The lowest BCUT2D eigenvalue weighted by molar-refractivity contribution is -0.142. The number of allylic oxidation sites excluding steroid dienone is 5. The van der Waals surface area contributed by atoms with E-state index in [0.717, 1.165) is 21.9 Å². The van der Waals surface area contributed by atoms with E-state index in [1.807, 2.05) is 0 Å². The number of fused-ring (bicyclic) bond motifs is 2. The van der Waals surface area contributed by atoms with E-state index >= 15 is 0 Å². The molecule has 0 aromatic heterocycles. The smallest absolute Gasteiger partial charge is 0.323 e. The van der Waals surface area contributed by atoms with Gasteiger partial charge in [-0.05, 0) is 70.8 Å². The highest BCUT2D eigenvalue weighted by atomic mass is 31.2. The molecule has 1 unspecified atom stereocenters. The van der Waals surface area contributed by atoms with Gasteiger partial charge < -0.3 is 44.8 Å². The molecule has 0 radical (unpaired) electrons. The van der Waals surface area contributed by atoms with Crippen LogP contribution in [0.25, 0.3) is 5.57 Å². The summed E-state index contributed by atoms with van der Waals surface area (Å²) in [6.07, 6.45) is 3.66. The Bertz CT molecular complexity index is 1760. The Hall–Kier alpha value is -5.28. The number of rotatable bonds is 17. The maximum Gasteiger partial charge on any atom is 0.323 e. The van der Waals surface area contributed by atoms with Crippen molar-refractivity contribution in [2.75, 3.05) is 57.4 Å². The minimum absolute atomic E-state index is 0.0170. The van der Waals surface area contributed by atoms with Crippen LogP contribution in [0.1, 0.15) is 11.1 Å². The van der Waals surface area contributed by atoms with E-state index in [2.05, 4.69) is 0 Å². The van der Waals surface area contributed by atoms with Crippen molar-refractivity contribution in [3.05, 3.63) is 76.6 Å². The number of carboxylic acids is 4. The molecule has 1 heterocycles. The normalized spacial score (nSPS) is 16.6. The number of ketones is 1. The van der Waals surface area contributed by atoms with E-state index in [-0.39, 0.29) is 65.3 Å². The summed E-state index contributed by atoms with van der Waals surface area (Å²) >= 11 is 0. The lowest BCUT2D eigenvalue weighted by atomic mass is 9.89. The number of hydrogen-bond donors (Lipinski definition) is 6.